The first-order valence-electron chi connectivity index (χ1n) is 10.6. The van der Waals surface area contributed by atoms with Crippen LogP contribution in [0.3, 0.4) is 0 Å². The minimum Gasteiger partial charge on any atom is -0.507 e. The second-order valence-electron chi connectivity index (χ2n) is 7.25. The lowest BCUT2D eigenvalue weighted by molar-refractivity contribution is 0.324. The zero-order valence-electron chi connectivity index (χ0n) is 20.9. The van der Waals surface area contributed by atoms with Crippen LogP contribution < -0.4 is 28.4 Å². The van der Waals surface area contributed by atoms with Crippen LogP contribution in [0.1, 0.15) is 11.1 Å². The molecule has 0 spiro atoms. The number of hydrogen-bond donors (Lipinski definition) is 2. The van der Waals surface area contributed by atoms with Gasteiger partial charge in [0.05, 0.1) is 54.0 Å². The standard InChI is InChI=1S/C26H28N2O8/c1-31-21-9-17(10-22(32-2)25(21)35-5)27-13-15-7-20(30)16(8-19(15)29)14-28-18-11-23(33-3)26(36-6)24(12-18)34-4/h7-14,29-30H,1-6H3. The van der Waals surface area contributed by atoms with Gasteiger partial charge in [-0.1, -0.05) is 0 Å². The molecule has 3 aromatic carbocycles. The molecule has 2 N–H and O–H groups in total. The molecule has 0 saturated carbocycles. The quantitative estimate of drug-likeness (QED) is 0.307. The van der Waals surface area contributed by atoms with E-state index in [1.165, 1.54) is 67.2 Å². The Morgan fingerprint density at radius 3 is 1.06 bits per heavy atom. The number of phenols is 2. The van der Waals surface area contributed by atoms with Crippen molar-refractivity contribution in [3.8, 4) is 46.0 Å². The first-order valence-corrected chi connectivity index (χ1v) is 10.6. The summed E-state index contributed by atoms with van der Waals surface area (Å²) in [6, 6.07) is 9.40. The zero-order valence-corrected chi connectivity index (χ0v) is 20.9. The van der Waals surface area contributed by atoms with E-state index in [-0.39, 0.29) is 11.5 Å². The molecule has 0 heterocycles. The third kappa shape index (κ3) is 5.54. The Morgan fingerprint density at radius 2 is 0.806 bits per heavy atom. The SMILES string of the molecule is COc1cc(N=Cc2cc(O)c(C=Nc3cc(OC)c(OC)c(OC)c3)cc2O)cc(OC)c1OC. The highest BCUT2D eigenvalue weighted by molar-refractivity contribution is 5.92. The van der Waals surface area contributed by atoms with E-state index in [0.29, 0.717) is 57.0 Å². The lowest BCUT2D eigenvalue weighted by atomic mass is 10.1. The Labute approximate surface area is 209 Å². The maximum absolute atomic E-state index is 10.5. The summed E-state index contributed by atoms with van der Waals surface area (Å²) in [5.41, 5.74) is 1.59. The smallest absolute Gasteiger partial charge is 0.203 e. The molecule has 3 aromatic rings. The fraction of sp³-hybridized carbons (Fsp3) is 0.231. The second kappa shape index (κ2) is 11.7. The summed E-state index contributed by atoms with van der Waals surface area (Å²) >= 11 is 0. The van der Waals surface area contributed by atoms with Gasteiger partial charge in [0.1, 0.15) is 11.5 Å². The van der Waals surface area contributed by atoms with E-state index >= 15 is 0 Å². The average Bonchev–Trinajstić information content (AvgIpc) is 2.90. The number of aromatic hydroxyl groups is 2. The van der Waals surface area contributed by atoms with Crippen molar-refractivity contribution in [1.29, 1.82) is 0 Å². The number of phenolic OH excluding ortho intramolecular Hbond substituents is 2. The Morgan fingerprint density at radius 1 is 0.500 bits per heavy atom. The van der Waals surface area contributed by atoms with Crippen molar-refractivity contribution in [3.05, 3.63) is 47.5 Å². The average molecular weight is 497 g/mol. The molecule has 10 nitrogen and oxygen atoms in total. The van der Waals surface area contributed by atoms with Gasteiger partial charge in [-0.15, -0.1) is 0 Å². The molecule has 0 unspecified atom stereocenters. The van der Waals surface area contributed by atoms with Gasteiger partial charge in [0.25, 0.3) is 0 Å². The van der Waals surface area contributed by atoms with Crippen molar-refractivity contribution in [2.45, 2.75) is 0 Å². The summed E-state index contributed by atoms with van der Waals surface area (Å²) in [5, 5.41) is 21.0. The van der Waals surface area contributed by atoms with Gasteiger partial charge in [-0.05, 0) is 12.1 Å². The number of rotatable bonds is 10. The Bertz CT molecular complexity index is 1140. The van der Waals surface area contributed by atoms with Gasteiger partial charge in [0, 0.05) is 47.8 Å². The van der Waals surface area contributed by atoms with Crippen LogP contribution in [0.15, 0.2) is 46.4 Å². The minimum absolute atomic E-state index is 0.102. The minimum atomic E-state index is -0.102. The van der Waals surface area contributed by atoms with Crippen LogP contribution in [-0.2, 0) is 0 Å². The maximum Gasteiger partial charge on any atom is 0.203 e. The predicted octanol–water partition coefficient (Wildman–Crippen LogP) is 4.65. The maximum atomic E-state index is 10.5. The van der Waals surface area contributed by atoms with Crippen LogP contribution in [-0.4, -0.2) is 65.3 Å². The van der Waals surface area contributed by atoms with Crippen molar-refractivity contribution >= 4 is 23.8 Å². The summed E-state index contributed by atoms with van der Waals surface area (Å²) < 4.78 is 31.9. The lowest BCUT2D eigenvalue weighted by Crippen LogP contribution is -1.95. The molecule has 36 heavy (non-hydrogen) atoms. The zero-order chi connectivity index (χ0) is 26.2. The highest BCUT2D eigenvalue weighted by Crippen LogP contribution is 2.42. The number of hydrogen-bond acceptors (Lipinski definition) is 10. The van der Waals surface area contributed by atoms with Crippen molar-refractivity contribution in [1.82, 2.24) is 0 Å². The Balaban J connectivity index is 1.90. The molecule has 0 amide bonds. The molecule has 0 bridgehead atoms. The summed E-state index contributed by atoms with van der Waals surface area (Å²) in [6.07, 6.45) is 2.83. The monoisotopic (exact) mass is 496 g/mol. The molecule has 0 fully saturated rings. The Hall–Kier alpha value is -4.60. The van der Waals surface area contributed by atoms with Crippen LogP contribution in [0.25, 0.3) is 0 Å². The number of benzene rings is 3. The lowest BCUT2D eigenvalue weighted by Gasteiger charge is -2.12. The fourth-order valence-corrected chi connectivity index (χ4v) is 3.39. The molecule has 0 saturated heterocycles. The van der Waals surface area contributed by atoms with E-state index in [1.54, 1.807) is 24.3 Å². The van der Waals surface area contributed by atoms with Crippen molar-refractivity contribution in [2.75, 3.05) is 42.7 Å². The normalized spacial score (nSPS) is 11.1. The number of ether oxygens (including phenoxy) is 6. The topological polar surface area (TPSA) is 121 Å². The van der Waals surface area contributed by atoms with Gasteiger partial charge in [-0.2, -0.15) is 0 Å². The van der Waals surface area contributed by atoms with Crippen LogP contribution >= 0.6 is 0 Å². The fourth-order valence-electron chi connectivity index (χ4n) is 3.39. The molecular formula is C26H28N2O8. The largest absolute Gasteiger partial charge is 0.507 e. The van der Waals surface area contributed by atoms with Crippen LogP contribution in [0.4, 0.5) is 11.4 Å². The summed E-state index contributed by atoms with van der Waals surface area (Å²) in [7, 11) is 9.05. The molecule has 0 aliphatic rings. The third-order valence-corrected chi connectivity index (χ3v) is 5.18. The summed E-state index contributed by atoms with van der Waals surface area (Å²) in [5.74, 6) is 2.43. The molecule has 0 aromatic heterocycles. The first-order chi connectivity index (χ1) is 17.4. The van der Waals surface area contributed by atoms with E-state index in [4.69, 9.17) is 28.4 Å². The molecule has 10 heteroatoms. The van der Waals surface area contributed by atoms with Gasteiger partial charge in [0.2, 0.25) is 11.5 Å². The van der Waals surface area contributed by atoms with E-state index in [0.717, 1.165) is 0 Å². The van der Waals surface area contributed by atoms with E-state index < -0.39 is 0 Å². The van der Waals surface area contributed by atoms with Crippen molar-refractivity contribution in [2.24, 2.45) is 9.98 Å². The molecule has 0 radical (unpaired) electrons. The van der Waals surface area contributed by atoms with Gasteiger partial charge in [-0.25, -0.2) is 0 Å². The highest BCUT2D eigenvalue weighted by Gasteiger charge is 2.14. The molecule has 190 valence electrons. The van der Waals surface area contributed by atoms with Crippen LogP contribution in [0.2, 0.25) is 0 Å². The highest BCUT2D eigenvalue weighted by atomic mass is 16.5. The van der Waals surface area contributed by atoms with Crippen LogP contribution in [0, 0.1) is 0 Å². The van der Waals surface area contributed by atoms with Gasteiger partial charge in [-0.3, -0.25) is 9.98 Å². The third-order valence-electron chi connectivity index (χ3n) is 5.18. The van der Waals surface area contributed by atoms with E-state index in [2.05, 4.69) is 9.98 Å². The van der Waals surface area contributed by atoms with Crippen LogP contribution in [0.5, 0.6) is 46.0 Å². The van der Waals surface area contributed by atoms with Gasteiger partial charge in [0.15, 0.2) is 23.0 Å². The number of nitrogens with zero attached hydrogens (tertiary/aromatic N) is 2. The van der Waals surface area contributed by atoms with Gasteiger partial charge >= 0.3 is 0 Å². The number of methoxy groups -OCH3 is 6. The molecule has 0 aliphatic carbocycles. The van der Waals surface area contributed by atoms with Crippen molar-refractivity contribution in [3.63, 3.8) is 0 Å². The van der Waals surface area contributed by atoms with E-state index in [1.807, 2.05) is 0 Å². The van der Waals surface area contributed by atoms with E-state index in [9.17, 15) is 10.2 Å². The summed E-state index contributed by atoms with van der Waals surface area (Å²) in [6.45, 7) is 0. The molecule has 0 aliphatic heterocycles. The first kappa shape index (κ1) is 26.0. The molecule has 0 atom stereocenters. The van der Waals surface area contributed by atoms with Gasteiger partial charge < -0.3 is 38.6 Å². The molecular weight excluding hydrogens is 468 g/mol. The summed E-state index contributed by atoms with van der Waals surface area (Å²) in [4.78, 5) is 8.73. The molecule has 3 rings (SSSR count). The van der Waals surface area contributed by atoms with Crippen molar-refractivity contribution < 1.29 is 38.6 Å². The second-order valence-corrected chi connectivity index (χ2v) is 7.25. The Kier molecular flexibility index (Phi) is 8.45. The predicted molar refractivity (Wildman–Crippen MR) is 136 cm³/mol. The number of aliphatic imine (C=N–C) groups is 2.